The maximum atomic E-state index is 13.8. The van der Waals surface area contributed by atoms with Crippen LogP contribution < -0.4 is 10.6 Å². The summed E-state index contributed by atoms with van der Waals surface area (Å²) in [6.45, 7) is 1.63. The molecule has 142 valence electrons. The number of para-hydroxylation sites is 1. The number of hydrogen-bond donors (Lipinski definition) is 2. The van der Waals surface area contributed by atoms with Crippen molar-refractivity contribution in [3.63, 3.8) is 0 Å². The summed E-state index contributed by atoms with van der Waals surface area (Å²) in [7, 11) is 1.29. The molecule has 3 rings (SSSR count). The lowest BCUT2D eigenvalue weighted by molar-refractivity contribution is 0.0600. The lowest BCUT2D eigenvalue weighted by Gasteiger charge is -2.10. The first-order chi connectivity index (χ1) is 13.5. The van der Waals surface area contributed by atoms with Crippen LogP contribution in [0.4, 0.5) is 21.6 Å². The summed E-state index contributed by atoms with van der Waals surface area (Å²) in [5, 5.41) is 5.53. The summed E-state index contributed by atoms with van der Waals surface area (Å²) < 4.78 is 18.5. The van der Waals surface area contributed by atoms with E-state index in [-0.39, 0.29) is 11.4 Å². The van der Waals surface area contributed by atoms with Crippen molar-refractivity contribution in [1.82, 2.24) is 9.97 Å². The van der Waals surface area contributed by atoms with E-state index < -0.39 is 17.7 Å². The molecule has 8 heteroatoms. The third-order valence-electron chi connectivity index (χ3n) is 3.77. The number of hydrogen-bond acceptors (Lipinski definition) is 6. The largest absolute Gasteiger partial charge is 0.465 e. The highest BCUT2D eigenvalue weighted by Gasteiger charge is 2.13. The van der Waals surface area contributed by atoms with Crippen LogP contribution in [0, 0.1) is 12.7 Å². The van der Waals surface area contributed by atoms with Gasteiger partial charge in [0.1, 0.15) is 23.2 Å². The summed E-state index contributed by atoms with van der Waals surface area (Å²) in [5.74, 6) is -0.715. The number of benzene rings is 2. The fourth-order valence-corrected chi connectivity index (χ4v) is 2.45. The van der Waals surface area contributed by atoms with E-state index in [1.54, 1.807) is 37.3 Å². The Bertz CT molecular complexity index is 1020. The molecule has 1 amide bonds. The fraction of sp³-hybridized carbons (Fsp3) is 0.100. The van der Waals surface area contributed by atoms with Crippen LogP contribution in [0.5, 0.6) is 0 Å². The minimum Gasteiger partial charge on any atom is -0.465 e. The fourth-order valence-electron chi connectivity index (χ4n) is 2.45. The van der Waals surface area contributed by atoms with E-state index in [1.165, 1.54) is 31.4 Å². The van der Waals surface area contributed by atoms with Crippen LogP contribution in [-0.2, 0) is 4.74 Å². The van der Waals surface area contributed by atoms with Crippen LogP contribution in [-0.4, -0.2) is 29.0 Å². The summed E-state index contributed by atoms with van der Waals surface area (Å²) in [6, 6.07) is 13.8. The van der Waals surface area contributed by atoms with Gasteiger partial charge in [0.2, 0.25) is 0 Å². The van der Waals surface area contributed by atoms with Gasteiger partial charge in [-0.2, -0.15) is 0 Å². The molecule has 28 heavy (non-hydrogen) atoms. The van der Waals surface area contributed by atoms with Crippen molar-refractivity contribution < 1.29 is 18.7 Å². The Morgan fingerprint density at radius 1 is 1.04 bits per heavy atom. The lowest BCUT2D eigenvalue weighted by Crippen LogP contribution is -2.15. The van der Waals surface area contributed by atoms with Gasteiger partial charge in [-0.15, -0.1) is 0 Å². The van der Waals surface area contributed by atoms with Crippen LogP contribution >= 0.6 is 0 Å². The third kappa shape index (κ3) is 4.47. The molecular weight excluding hydrogens is 363 g/mol. The zero-order valence-electron chi connectivity index (χ0n) is 15.2. The minimum atomic E-state index is -0.465. The molecule has 0 saturated heterocycles. The number of amides is 1. The van der Waals surface area contributed by atoms with Crippen molar-refractivity contribution in [2.45, 2.75) is 6.92 Å². The molecule has 0 fully saturated rings. The number of aryl methyl sites for hydroxylation is 1. The van der Waals surface area contributed by atoms with Gasteiger partial charge in [0.25, 0.3) is 5.91 Å². The molecule has 0 bridgehead atoms. The van der Waals surface area contributed by atoms with Gasteiger partial charge < -0.3 is 15.4 Å². The second-order valence-electron chi connectivity index (χ2n) is 5.81. The van der Waals surface area contributed by atoms with Crippen molar-refractivity contribution in [1.29, 1.82) is 0 Å². The maximum Gasteiger partial charge on any atom is 0.337 e. The molecule has 0 spiro atoms. The Balaban J connectivity index is 1.77. The van der Waals surface area contributed by atoms with E-state index in [9.17, 15) is 14.0 Å². The summed E-state index contributed by atoms with van der Waals surface area (Å²) >= 11 is 0. The van der Waals surface area contributed by atoms with Gasteiger partial charge in [-0.05, 0) is 43.3 Å². The number of methoxy groups -OCH3 is 1. The molecule has 0 radical (unpaired) electrons. The molecule has 2 aromatic carbocycles. The molecule has 0 aliphatic carbocycles. The van der Waals surface area contributed by atoms with Crippen LogP contribution in [0.25, 0.3) is 0 Å². The van der Waals surface area contributed by atoms with Crippen molar-refractivity contribution in [3.05, 3.63) is 77.5 Å². The van der Waals surface area contributed by atoms with Crippen molar-refractivity contribution in [3.8, 4) is 0 Å². The van der Waals surface area contributed by atoms with Gasteiger partial charge in [0.15, 0.2) is 0 Å². The molecule has 1 heterocycles. The summed E-state index contributed by atoms with van der Waals surface area (Å²) in [5.41, 5.74) is 1.21. The Labute approximate surface area is 160 Å². The quantitative estimate of drug-likeness (QED) is 0.656. The Morgan fingerprint density at radius 2 is 1.75 bits per heavy atom. The highest BCUT2D eigenvalue weighted by molar-refractivity contribution is 6.03. The second kappa shape index (κ2) is 8.26. The summed E-state index contributed by atoms with van der Waals surface area (Å²) in [6.07, 6.45) is 0. The van der Waals surface area contributed by atoms with Gasteiger partial charge in [-0.25, -0.2) is 19.2 Å². The normalized spacial score (nSPS) is 10.2. The number of nitrogens with one attached hydrogen (secondary N) is 2. The van der Waals surface area contributed by atoms with Crippen LogP contribution in [0.15, 0.2) is 54.6 Å². The Kier molecular flexibility index (Phi) is 5.59. The number of halogens is 1. The van der Waals surface area contributed by atoms with Gasteiger partial charge in [0.05, 0.1) is 18.4 Å². The van der Waals surface area contributed by atoms with Gasteiger partial charge in [0, 0.05) is 11.8 Å². The highest BCUT2D eigenvalue weighted by Crippen LogP contribution is 2.19. The Hall–Kier alpha value is -3.81. The molecule has 0 aliphatic heterocycles. The van der Waals surface area contributed by atoms with Crippen molar-refractivity contribution >= 4 is 29.1 Å². The zero-order valence-corrected chi connectivity index (χ0v) is 15.2. The first kappa shape index (κ1) is 19.0. The van der Waals surface area contributed by atoms with Gasteiger partial charge in [-0.3, -0.25) is 4.79 Å². The predicted octanol–water partition coefficient (Wildman–Crippen LogP) is 3.71. The van der Waals surface area contributed by atoms with Crippen LogP contribution in [0.3, 0.4) is 0 Å². The molecular formula is C20H17FN4O3. The molecule has 0 atom stereocenters. The Morgan fingerprint density at radius 3 is 2.43 bits per heavy atom. The number of nitrogens with zero attached hydrogens (tertiary/aromatic N) is 2. The van der Waals surface area contributed by atoms with Crippen molar-refractivity contribution in [2.24, 2.45) is 0 Å². The predicted molar refractivity (Wildman–Crippen MR) is 102 cm³/mol. The number of carbonyl (C=O) groups excluding carboxylic acids is 2. The molecule has 7 nitrogen and oxygen atoms in total. The third-order valence-corrected chi connectivity index (χ3v) is 3.77. The van der Waals surface area contributed by atoms with E-state index in [0.29, 0.717) is 22.9 Å². The first-order valence-electron chi connectivity index (χ1n) is 8.33. The maximum absolute atomic E-state index is 13.8. The van der Waals surface area contributed by atoms with Crippen LogP contribution in [0.1, 0.15) is 26.7 Å². The van der Waals surface area contributed by atoms with E-state index in [1.807, 2.05) is 0 Å². The minimum absolute atomic E-state index is 0.114. The molecule has 1 aromatic heterocycles. The van der Waals surface area contributed by atoms with E-state index in [2.05, 4.69) is 25.3 Å². The second-order valence-corrected chi connectivity index (χ2v) is 5.81. The van der Waals surface area contributed by atoms with E-state index in [4.69, 9.17) is 0 Å². The molecule has 3 aromatic rings. The van der Waals surface area contributed by atoms with Gasteiger partial charge >= 0.3 is 5.97 Å². The summed E-state index contributed by atoms with van der Waals surface area (Å²) in [4.78, 5) is 32.3. The number of carbonyl (C=O) groups is 2. The van der Waals surface area contributed by atoms with Crippen LogP contribution in [0.2, 0.25) is 0 Å². The van der Waals surface area contributed by atoms with Gasteiger partial charge in [-0.1, -0.05) is 12.1 Å². The standard InChI is InChI=1S/C20H17FN4O3/c1-12-22-17(11-18(23-12)25-16-6-4-3-5-15(16)21)19(26)24-14-9-7-13(8-10-14)20(27)28-2/h3-11H,1-2H3,(H,24,26)(H,22,23,25). The zero-order chi connectivity index (χ0) is 20.1. The number of ether oxygens (including phenoxy) is 1. The molecule has 0 unspecified atom stereocenters. The van der Waals surface area contributed by atoms with E-state index >= 15 is 0 Å². The highest BCUT2D eigenvalue weighted by atomic mass is 19.1. The van der Waals surface area contributed by atoms with E-state index in [0.717, 1.165) is 0 Å². The molecule has 2 N–H and O–H groups in total. The van der Waals surface area contributed by atoms with Crippen molar-refractivity contribution in [2.75, 3.05) is 17.7 Å². The topological polar surface area (TPSA) is 93.2 Å². The lowest BCUT2D eigenvalue weighted by atomic mass is 10.2. The number of rotatable bonds is 5. The first-order valence-corrected chi connectivity index (χ1v) is 8.33. The number of esters is 1. The number of aromatic nitrogens is 2. The molecule has 0 saturated carbocycles. The SMILES string of the molecule is COC(=O)c1ccc(NC(=O)c2cc(Nc3ccccc3F)nc(C)n2)cc1. The molecule has 0 aliphatic rings. The smallest absolute Gasteiger partial charge is 0.337 e. The monoisotopic (exact) mass is 380 g/mol. The average Bonchev–Trinajstić information content (AvgIpc) is 2.69. The average molecular weight is 380 g/mol. The number of anilines is 3.